The van der Waals surface area contributed by atoms with Crippen molar-refractivity contribution in [1.82, 2.24) is 9.97 Å². The van der Waals surface area contributed by atoms with Gasteiger partial charge >= 0.3 is 0 Å². The van der Waals surface area contributed by atoms with E-state index in [9.17, 15) is 22.3 Å². The van der Waals surface area contributed by atoms with Gasteiger partial charge in [-0.2, -0.15) is 8.78 Å². The third-order valence-electron chi connectivity index (χ3n) is 5.26. The minimum absolute atomic E-state index is 0.103. The first-order valence-corrected chi connectivity index (χ1v) is 10.5. The van der Waals surface area contributed by atoms with Gasteiger partial charge in [0.2, 0.25) is 5.95 Å². The number of β-amino-alcohol motifs (C(OH)–C–C–N with tert-alkyl or cyclic N) is 1. The maximum Gasteiger partial charge on any atom is 0.290 e. The lowest BCUT2D eigenvalue weighted by molar-refractivity contribution is -0.00603. The number of aliphatic hydroxyl groups is 1. The van der Waals surface area contributed by atoms with E-state index in [2.05, 4.69) is 9.97 Å². The number of benzene rings is 1. The van der Waals surface area contributed by atoms with Crippen molar-refractivity contribution in [3.05, 3.63) is 35.5 Å². The summed E-state index contributed by atoms with van der Waals surface area (Å²) in [4.78, 5) is 10.4. The highest BCUT2D eigenvalue weighted by molar-refractivity contribution is 7.90. The van der Waals surface area contributed by atoms with Crippen molar-refractivity contribution in [3.63, 3.8) is 0 Å². The second-order valence-corrected chi connectivity index (χ2v) is 9.18. The molecule has 1 N–H and O–H groups in total. The molecule has 1 aliphatic heterocycles. The molecule has 1 aliphatic carbocycles. The van der Waals surface area contributed by atoms with Gasteiger partial charge < -0.3 is 10.0 Å². The van der Waals surface area contributed by atoms with Crippen molar-refractivity contribution in [2.75, 3.05) is 17.7 Å². The fourth-order valence-electron chi connectivity index (χ4n) is 3.51. The number of fused-ring (bicyclic) bond motifs is 1. The molecule has 0 radical (unpaired) electrons. The van der Waals surface area contributed by atoms with E-state index < -0.39 is 21.9 Å². The van der Waals surface area contributed by atoms with Gasteiger partial charge in [0, 0.05) is 30.3 Å². The van der Waals surface area contributed by atoms with Crippen LogP contribution >= 0.6 is 0 Å². The number of halogens is 2. The van der Waals surface area contributed by atoms with E-state index in [0.717, 1.165) is 6.26 Å². The van der Waals surface area contributed by atoms with Crippen LogP contribution in [0.4, 0.5) is 14.7 Å². The van der Waals surface area contributed by atoms with Gasteiger partial charge in [0.15, 0.2) is 9.84 Å². The molecule has 6 nitrogen and oxygen atoms in total. The van der Waals surface area contributed by atoms with E-state index in [1.54, 1.807) is 24.0 Å². The molecule has 9 heteroatoms. The zero-order valence-corrected chi connectivity index (χ0v) is 15.7. The molecule has 1 fully saturated rings. The van der Waals surface area contributed by atoms with Crippen LogP contribution in [0.5, 0.6) is 0 Å². The summed E-state index contributed by atoms with van der Waals surface area (Å²) < 4.78 is 52.5. The lowest BCUT2D eigenvalue weighted by Gasteiger charge is -2.43. The van der Waals surface area contributed by atoms with Crippen LogP contribution in [-0.2, 0) is 22.2 Å². The number of rotatable bonds is 3. The summed E-state index contributed by atoms with van der Waals surface area (Å²) in [5.74, 6) is -2.92. The molecule has 0 bridgehead atoms. The lowest BCUT2D eigenvalue weighted by Crippen LogP contribution is -2.59. The van der Waals surface area contributed by atoms with E-state index in [1.807, 2.05) is 0 Å². The molecule has 0 amide bonds. The van der Waals surface area contributed by atoms with Gasteiger partial charge in [-0.05, 0) is 25.5 Å². The average molecular weight is 395 g/mol. The Balaban J connectivity index is 1.89. The minimum Gasteiger partial charge on any atom is -0.389 e. The molecule has 0 saturated carbocycles. The lowest BCUT2D eigenvalue weighted by atomic mass is 10.0. The number of hydrogen-bond donors (Lipinski definition) is 1. The summed E-state index contributed by atoms with van der Waals surface area (Å²) in [7, 11) is -3.44. The van der Waals surface area contributed by atoms with Crippen LogP contribution in [0, 0.1) is 0 Å². The third kappa shape index (κ3) is 2.98. The van der Waals surface area contributed by atoms with E-state index in [1.165, 1.54) is 12.1 Å². The maximum absolute atomic E-state index is 14.4. The van der Waals surface area contributed by atoms with Crippen molar-refractivity contribution >= 4 is 15.8 Å². The Morgan fingerprint density at radius 2 is 2.04 bits per heavy atom. The highest BCUT2D eigenvalue weighted by atomic mass is 32.2. The Labute approximate surface area is 155 Å². The molecule has 4 rings (SSSR count). The third-order valence-corrected chi connectivity index (χ3v) is 6.37. The van der Waals surface area contributed by atoms with Crippen LogP contribution in [0.3, 0.4) is 0 Å². The van der Waals surface area contributed by atoms with Crippen LogP contribution in [0.15, 0.2) is 29.2 Å². The molecule has 1 aromatic carbocycles. The molecule has 2 aliphatic rings. The SMILES string of the molecule is C[C@H]1[C@H](O)CN1c1nc(-c2cccc(S(C)(=O)=O)c2)c2c(n1)C(F)(F)CC2. The zero-order chi connectivity index (χ0) is 19.6. The Morgan fingerprint density at radius 3 is 2.67 bits per heavy atom. The number of alkyl halides is 2. The Bertz CT molecular complexity index is 1030. The number of sulfone groups is 1. The molecule has 1 saturated heterocycles. The van der Waals surface area contributed by atoms with E-state index in [-0.39, 0.29) is 42.0 Å². The predicted molar refractivity (Wildman–Crippen MR) is 95.6 cm³/mol. The van der Waals surface area contributed by atoms with Gasteiger partial charge in [0.1, 0.15) is 5.69 Å². The number of aromatic nitrogens is 2. The first-order chi connectivity index (χ1) is 12.6. The molecule has 2 atom stereocenters. The van der Waals surface area contributed by atoms with E-state index in [4.69, 9.17) is 0 Å². The van der Waals surface area contributed by atoms with Crippen LogP contribution in [0.2, 0.25) is 0 Å². The van der Waals surface area contributed by atoms with Crippen molar-refractivity contribution in [2.24, 2.45) is 0 Å². The van der Waals surface area contributed by atoms with Gasteiger partial charge in [-0.25, -0.2) is 18.4 Å². The van der Waals surface area contributed by atoms with Crippen LogP contribution in [0.25, 0.3) is 11.3 Å². The standard InChI is InChI=1S/C18H19F2N3O3S/c1-10-14(24)9-23(10)17-21-15(13-6-7-18(19,20)16(13)22-17)11-4-3-5-12(8-11)27(2,25)26/h3-5,8,10,14,24H,6-7,9H2,1-2H3/t10-,14+/m0/s1. The fourth-order valence-corrected chi connectivity index (χ4v) is 4.17. The monoisotopic (exact) mass is 395 g/mol. The van der Waals surface area contributed by atoms with E-state index in [0.29, 0.717) is 16.8 Å². The number of anilines is 1. The fraction of sp³-hybridized carbons (Fsp3) is 0.444. The van der Waals surface area contributed by atoms with Crippen molar-refractivity contribution < 1.29 is 22.3 Å². The molecule has 2 aromatic rings. The van der Waals surface area contributed by atoms with Crippen molar-refractivity contribution in [3.8, 4) is 11.3 Å². The number of nitrogens with zero attached hydrogens (tertiary/aromatic N) is 3. The Hall–Kier alpha value is -2.13. The van der Waals surface area contributed by atoms with Gasteiger partial charge in [-0.15, -0.1) is 0 Å². The normalized spacial score (nSPS) is 23.8. The maximum atomic E-state index is 14.4. The Kier molecular flexibility index (Phi) is 4.01. The van der Waals surface area contributed by atoms with Crippen molar-refractivity contribution in [2.45, 2.75) is 42.7 Å². The Morgan fingerprint density at radius 1 is 1.30 bits per heavy atom. The topological polar surface area (TPSA) is 83.4 Å². The quantitative estimate of drug-likeness (QED) is 0.858. The average Bonchev–Trinajstić information content (AvgIpc) is 2.93. The summed E-state index contributed by atoms with van der Waals surface area (Å²) in [6.07, 6.45) is 0.315. The number of aliphatic hydroxyl groups excluding tert-OH is 1. The zero-order valence-electron chi connectivity index (χ0n) is 14.9. The second-order valence-electron chi connectivity index (χ2n) is 7.16. The summed E-state index contributed by atoms with van der Waals surface area (Å²) in [6, 6.07) is 5.87. The van der Waals surface area contributed by atoms with Crippen molar-refractivity contribution in [1.29, 1.82) is 0 Å². The van der Waals surface area contributed by atoms with Gasteiger partial charge in [-0.1, -0.05) is 12.1 Å². The second kappa shape index (κ2) is 5.93. The molecule has 1 aromatic heterocycles. The summed E-state index contributed by atoms with van der Waals surface area (Å²) in [6.45, 7) is 2.04. The first kappa shape index (κ1) is 18.2. The summed E-state index contributed by atoms with van der Waals surface area (Å²) >= 11 is 0. The molecule has 0 spiro atoms. The number of hydrogen-bond acceptors (Lipinski definition) is 6. The summed E-state index contributed by atoms with van der Waals surface area (Å²) in [5, 5.41) is 9.74. The smallest absolute Gasteiger partial charge is 0.290 e. The highest BCUT2D eigenvalue weighted by Crippen LogP contribution is 2.45. The van der Waals surface area contributed by atoms with Crippen LogP contribution in [-0.4, -0.2) is 48.4 Å². The molecule has 144 valence electrons. The van der Waals surface area contributed by atoms with Gasteiger partial charge in [-0.3, -0.25) is 0 Å². The van der Waals surface area contributed by atoms with Crippen LogP contribution in [0.1, 0.15) is 24.6 Å². The minimum atomic E-state index is -3.44. The highest BCUT2D eigenvalue weighted by Gasteiger charge is 2.45. The predicted octanol–water partition coefficient (Wildman–Crippen LogP) is 2.15. The van der Waals surface area contributed by atoms with Gasteiger partial charge in [0.25, 0.3) is 5.92 Å². The largest absolute Gasteiger partial charge is 0.389 e. The van der Waals surface area contributed by atoms with Crippen LogP contribution < -0.4 is 4.90 Å². The summed E-state index contributed by atoms with van der Waals surface area (Å²) in [5.41, 5.74) is 0.833. The first-order valence-electron chi connectivity index (χ1n) is 8.62. The molecule has 2 heterocycles. The molecular formula is C18H19F2N3O3S. The molecular weight excluding hydrogens is 376 g/mol. The molecule has 0 unspecified atom stereocenters. The molecule has 27 heavy (non-hydrogen) atoms. The van der Waals surface area contributed by atoms with E-state index >= 15 is 0 Å². The van der Waals surface area contributed by atoms with Gasteiger partial charge in [0.05, 0.1) is 22.7 Å².